The molecule has 0 aromatic carbocycles. The van der Waals surface area contributed by atoms with Gasteiger partial charge in [0, 0.05) is 16.0 Å². The first kappa shape index (κ1) is 13.6. The van der Waals surface area contributed by atoms with Gasteiger partial charge in [-0.25, -0.2) is 4.79 Å². The van der Waals surface area contributed by atoms with E-state index in [0.29, 0.717) is 0 Å². The molecule has 84 valence electrons. The molecule has 0 bridgehead atoms. The van der Waals surface area contributed by atoms with Crippen molar-refractivity contribution in [1.82, 2.24) is 0 Å². The van der Waals surface area contributed by atoms with Crippen molar-refractivity contribution < 1.29 is 19.8 Å². The molecule has 0 amide bonds. The normalized spacial score (nSPS) is 19.4. The molecule has 0 aromatic rings. The number of carboxylic acid groups (broad SMARTS) is 2. The van der Waals surface area contributed by atoms with Gasteiger partial charge in [0.25, 0.3) is 0 Å². The lowest BCUT2D eigenvalue weighted by Gasteiger charge is -2.37. The van der Waals surface area contributed by atoms with Gasteiger partial charge in [-0.05, 0) is 12.0 Å². The van der Waals surface area contributed by atoms with Crippen LogP contribution in [-0.2, 0) is 4.79 Å². The maximum absolute atomic E-state index is 10.6. The third kappa shape index (κ3) is 4.23. The van der Waals surface area contributed by atoms with Gasteiger partial charge < -0.3 is 10.2 Å². The molecule has 14 heavy (non-hydrogen) atoms. The molecule has 0 aromatic heterocycles. The van der Waals surface area contributed by atoms with Gasteiger partial charge >= 0.3 is 11.3 Å². The van der Waals surface area contributed by atoms with Crippen LogP contribution in [0.2, 0.25) is 0 Å². The number of carboxylic acids is 1. The summed E-state index contributed by atoms with van der Waals surface area (Å²) >= 11 is 0. The molecule has 0 radical (unpaired) electrons. The fourth-order valence-electron chi connectivity index (χ4n) is 1.01. The van der Waals surface area contributed by atoms with Crippen LogP contribution in [0.3, 0.4) is 0 Å². The maximum Gasteiger partial charge on any atom is 0.374 e. The molecule has 2 unspecified atom stereocenters. The first-order valence-corrected chi connectivity index (χ1v) is 7.81. The van der Waals surface area contributed by atoms with Crippen LogP contribution in [0, 0.1) is 0 Å². The molecule has 0 saturated heterocycles. The molecule has 2 N–H and O–H groups in total. The predicted molar refractivity (Wildman–Crippen MR) is 61.4 cm³/mol. The highest BCUT2D eigenvalue weighted by Crippen LogP contribution is 2.61. The fraction of sp³-hybridized carbons (Fsp3) is 0.750. The standard InChI is InChI=1S/C8H16O4S2/c1-4-14(3,13-8(11)12)6(2)5-7(9)10/h6H,4-5H2,1-3H3,(H,9,10)(H,11,12). The van der Waals surface area contributed by atoms with Crippen molar-refractivity contribution in [3.63, 3.8) is 0 Å². The smallest absolute Gasteiger partial charge is 0.374 e. The highest BCUT2D eigenvalue weighted by molar-refractivity contribution is 8.98. The molecule has 0 heterocycles. The average molecular weight is 240 g/mol. The van der Waals surface area contributed by atoms with E-state index in [-0.39, 0.29) is 11.7 Å². The number of hydrogen-bond donors (Lipinski definition) is 2. The molecule has 2 atom stereocenters. The summed E-state index contributed by atoms with van der Waals surface area (Å²) in [7, 11) is -0.525. The van der Waals surface area contributed by atoms with Gasteiger partial charge in [0.1, 0.15) is 0 Å². The third-order valence-electron chi connectivity index (χ3n) is 2.15. The molecule has 4 nitrogen and oxygen atoms in total. The molecule has 0 aliphatic rings. The second kappa shape index (κ2) is 5.50. The molecule has 0 rings (SSSR count). The molecule has 0 fully saturated rings. The highest BCUT2D eigenvalue weighted by Gasteiger charge is 2.29. The lowest BCUT2D eigenvalue weighted by Crippen LogP contribution is -2.18. The van der Waals surface area contributed by atoms with E-state index in [1.54, 1.807) is 0 Å². The van der Waals surface area contributed by atoms with Crippen molar-refractivity contribution in [1.29, 1.82) is 0 Å². The molecule has 0 saturated carbocycles. The van der Waals surface area contributed by atoms with Crippen LogP contribution >= 0.6 is 19.9 Å². The van der Waals surface area contributed by atoms with Crippen molar-refractivity contribution in [3.8, 4) is 0 Å². The Morgan fingerprint density at radius 3 is 2.21 bits per heavy atom. The lowest BCUT2D eigenvalue weighted by atomic mass is 10.3. The Bertz CT molecular complexity index is 231. The quantitative estimate of drug-likeness (QED) is 0.722. The van der Waals surface area contributed by atoms with Crippen LogP contribution in [0.25, 0.3) is 0 Å². The SMILES string of the molecule is CCS(C)(SC(=O)O)C(C)CC(=O)O. The maximum atomic E-state index is 10.6. The van der Waals surface area contributed by atoms with Crippen molar-refractivity contribution in [2.45, 2.75) is 25.5 Å². The van der Waals surface area contributed by atoms with Gasteiger partial charge in [0.2, 0.25) is 0 Å². The summed E-state index contributed by atoms with van der Waals surface area (Å²) in [6.45, 7) is 3.71. The van der Waals surface area contributed by atoms with Gasteiger partial charge in [0.05, 0.1) is 6.42 Å². The van der Waals surface area contributed by atoms with Crippen LogP contribution in [0.5, 0.6) is 0 Å². The van der Waals surface area contributed by atoms with Crippen LogP contribution in [-0.4, -0.2) is 38.7 Å². The molecular weight excluding hydrogens is 224 g/mol. The minimum absolute atomic E-state index is 0.0416. The zero-order valence-electron chi connectivity index (χ0n) is 8.52. The fourth-order valence-corrected chi connectivity index (χ4v) is 4.71. The summed E-state index contributed by atoms with van der Waals surface area (Å²) in [6, 6.07) is 0. The predicted octanol–water partition coefficient (Wildman–Crippen LogP) is 2.63. The van der Waals surface area contributed by atoms with E-state index < -0.39 is 20.3 Å². The van der Waals surface area contributed by atoms with E-state index in [2.05, 4.69) is 0 Å². The van der Waals surface area contributed by atoms with Crippen molar-refractivity contribution >= 4 is 31.1 Å². The van der Waals surface area contributed by atoms with Crippen LogP contribution in [0.15, 0.2) is 0 Å². The van der Waals surface area contributed by atoms with E-state index in [4.69, 9.17) is 10.2 Å². The summed E-state index contributed by atoms with van der Waals surface area (Å²) in [5, 5.41) is 16.3. The van der Waals surface area contributed by atoms with E-state index in [1.807, 2.05) is 20.1 Å². The van der Waals surface area contributed by atoms with E-state index in [9.17, 15) is 9.59 Å². The zero-order valence-corrected chi connectivity index (χ0v) is 10.2. The Hall–Kier alpha value is -0.360. The minimum atomic E-state index is -1.41. The number of aliphatic carboxylic acids is 1. The van der Waals surface area contributed by atoms with Gasteiger partial charge in [-0.15, -0.1) is 0 Å². The summed E-state index contributed by atoms with van der Waals surface area (Å²) in [4.78, 5) is 21.1. The van der Waals surface area contributed by atoms with Gasteiger partial charge in [0.15, 0.2) is 0 Å². The second-order valence-electron chi connectivity index (χ2n) is 3.12. The summed E-state index contributed by atoms with van der Waals surface area (Å²) in [5.41, 5.74) is 0. The minimum Gasteiger partial charge on any atom is -0.481 e. The van der Waals surface area contributed by atoms with Gasteiger partial charge in [-0.1, -0.05) is 13.8 Å². The van der Waals surface area contributed by atoms with Crippen molar-refractivity contribution in [2.24, 2.45) is 0 Å². The first-order valence-electron chi connectivity index (χ1n) is 4.21. The molecule has 0 spiro atoms. The summed E-state index contributed by atoms with van der Waals surface area (Å²) < 4.78 is 0. The summed E-state index contributed by atoms with van der Waals surface area (Å²) in [6.07, 6.45) is 1.92. The molecule has 6 heteroatoms. The Kier molecular flexibility index (Phi) is 5.36. The second-order valence-corrected chi connectivity index (χ2v) is 9.94. The summed E-state index contributed by atoms with van der Waals surface area (Å²) in [5.74, 6) is -0.144. The Balaban J connectivity index is 4.49. The van der Waals surface area contributed by atoms with Gasteiger partial charge in [-0.2, -0.15) is 9.06 Å². The van der Waals surface area contributed by atoms with Crippen LogP contribution in [0.4, 0.5) is 4.79 Å². The number of rotatable bonds is 5. The number of carbonyl (C=O) groups is 2. The zero-order chi connectivity index (χ0) is 11.4. The Morgan fingerprint density at radius 2 is 1.93 bits per heavy atom. The Labute approximate surface area is 88.8 Å². The monoisotopic (exact) mass is 240 g/mol. The van der Waals surface area contributed by atoms with Crippen LogP contribution < -0.4 is 0 Å². The Morgan fingerprint density at radius 1 is 1.43 bits per heavy atom. The van der Waals surface area contributed by atoms with Crippen molar-refractivity contribution in [2.75, 3.05) is 12.0 Å². The molecule has 0 aliphatic carbocycles. The van der Waals surface area contributed by atoms with E-state index in [0.717, 1.165) is 16.5 Å². The first-order chi connectivity index (χ1) is 6.31. The topological polar surface area (TPSA) is 74.6 Å². The molecular formula is C8H16O4S2. The lowest BCUT2D eigenvalue weighted by molar-refractivity contribution is -0.136. The third-order valence-corrected chi connectivity index (χ3v) is 8.95. The largest absolute Gasteiger partial charge is 0.481 e. The van der Waals surface area contributed by atoms with Gasteiger partial charge in [-0.3, -0.25) is 4.79 Å². The van der Waals surface area contributed by atoms with Crippen molar-refractivity contribution in [3.05, 3.63) is 0 Å². The molecule has 0 aliphatic heterocycles. The van der Waals surface area contributed by atoms with Crippen LogP contribution in [0.1, 0.15) is 20.3 Å². The van der Waals surface area contributed by atoms with E-state index in [1.165, 1.54) is 0 Å². The highest BCUT2D eigenvalue weighted by atomic mass is 33.2. The van der Waals surface area contributed by atoms with E-state index >= 15 is 0 Å². The number of hydrogen-bond acceptors (Lipinski definition) is 3. The average Bonchev–Trinajstić information content (AvgIpc) is 2.01.